The van der Waals surface area contributed by atoms with Crippen molar-refractivity contribution in [2.75, 3.05) is 178 Å². The predicted molar refractivity (Wildman–Crippen MR) is 443 cm³/mol. The van der Waals surface area contributed by atoms with Gasteiger partial charge in [-0.25, -0.2) is 72.4 Å². The first-order valence-electron chi connectivity index (χ1n) is 39.2. The van der Waals surface area contributed by atoms with E-state index in [0.29, 0.717) is 30.4 Å². The molecule has 0 aromatic carbocycles. The van der Waals surface area contributed by atoms with Crippen molar-refractivity contribution in [3.63, 3.8) is 0 Å². The molecular weight excluding hydrogens is 1650 g/mol. The zero-order valence-corrected chi connectivity index (χ0v) is 73.5. The van der Waals surface area contributed by atoms with Gasteiger partial charge in [-0.05, 0) is 108 Å². The minimum absolute atomic E-state index is 0.0125. The minimum Gasteiger partial charge on any atom is -0.383 e. The van der Waals surface area contributed by atoms with Gasteiger partial charge in [0.25, 0.3) is 13.1 Å². The zero-order valence-electron chi connectivity index (χ0n) is 69.9. The van der Waals surface area contributed by atoms with Crippen LogP contribution in [0.4, 0.5) is 23.4 Å². The molecule has 0 bridgehead atoms. The predicted octanol–water partition coefficient (Wildman–Crippen LogP) is 1.26. The Balaban J connectivity index is 0.875. The molecule has 4 fully saturated rings. The van der Waals surface area contributed by atoms with Crippen LogP contribution in [-0.4, -0.2) is 326 Å². The topological polar surface area (TPSA) is 595 Å². The van der Waals surface area contributed by atoms with E-state index in [1.54, 1.807) is 60.8 Å². The van der Waals surface area contributed by atoms with Gasteiger partial charge < -0.3 is 75.9 Å². The van der Waals surface area contributed by atoms with E-state index in [1.165, 1.54) is 104 Å². The monoisotopic (exact) mass is 1760 g/mol. The van der Waals surface area contributed by atoms with Gasteiger partial charge in [-0.15, -0.1) is 0 Å². The first-order chi connectivity index (χ1) is 56.8. The van der Waals surface area contributed by atoms with Crippen molar-refractivity contribution in [1.29, 1.82) is 5.41 Å². The summed E-state index contributed by atoms with van der Waals surface area (Å²) in [5.41, 5.74) is 27.4. The smallest absolute Gasteiger partial charge is 0.351 e. The fourth-order valence-electron chi connectivity index (χ4n) is 15.0. The third-order valence-corrected chi connectivity index (χ3v) is 31.9. The number of guanidine groups is 1. The number of nitrogens with two attached hydrogens (primary N) is 5. The lowest BCUT2D eigenvalue weighted by Gasteiger charge is -2.46. The van der Waals surface area contributed by atoms with Gasteiger partial charge in [-0.3, -0.25) is 76.7 Å². The van der Waals surface area contributed by atoms with Crippen LogP contribution in [0.2, 0.25) is 0 Å². The van der Waals surface area contributed by atoms with Gasteiger partial charge in [-0.2, -0.15) is 9.97 Å². The number of carbonyl (C=O) groups excluding carboxylic acids is 3. The number of fused-ring (bicyclic) bond motifs is 3. The van der Waals surface area contributed by atoms with Crippen molar-refractivity contribution in [3.05, 3.63) is 64.7 Å². The number of amides is 1. The number of ether oxygens (including phenoxy) is 4. The number of rotatable bonds is 39. The zero-order chi connectivity index (χ0) is 87.3. The highest BCUT2D eigenvalue weighted by Gasteiger charge is 2.51. The quantitative estimate of drug-likeness (QED) is 0.0112. The Labute approximate surface area is 692 Å². The highest BCUT2D eigenvalue weighted by molar-refractivity contribution is 7.55. The standard InChI is InChI=1S/C68H113N31O17P4/c1-15-67(16-2,42(5)100)87-47(20-19-22-75-64(72)73)57(102)68(17-3,18-4)83-24-49(101)92-25-43(113-50(29-92)96-23-21-48(69)84-66(96)104)34-110-118(106,89(8)9)95-28-46(116-53(32-95)99-41-82-56-62(99)85-65(74)86-63(56)103)36-112-120(108,91(12)13)94-27-45(115-52(31-94)98-40-81-55-59(71)77-38-79-61(55)98)35-111-119(107,90(10)11)93-26-44(33-109-117(14,105)88(6)7)114-51(30-93)97-39-80-54-58(70)76-37-78-60(54)97/h21,23,37-41,43-47,50-53,83,87H,15-20,22,24-36H2,1-14H3,(H2,69,84,104)(H2,70,76,78)(H2,71,77,79)(H4,72,73,75)(H3,74,85,86,103)/t43-,44-,45-,46-,47-,50+,51+,52+,53+,117?,118?,119?,120?/m0/s1. The molecule has 4 unspecified atom stereocenters. The lowest BCUT2D eigenvalue weighted by atomic mass is 9.80. The maximum Gasteiger partial charge on any atom is 0.351 e. The minimum atomic E-state index is -4.42. The average molecular weight is 1760 g/mol. The highest BCUT2D eigenvalue weighted by atomic mass is 31.2. The first kappa shape index (κ1) is 92.6. The van der Waals surface area contributed by atoms with Crippen molar-refractivity contribution < 1.29 is 69.7 Å². The van der Waals surface area contributed by atoms with E-state index in [9.17, 15) is 18.9 Å². The van der Waals surface area contributed by atoms with Crippen LogP contribution < -0.4 is 55.9 Å². The number of nitrogens with one attached hydrogen (secondary N) is 5. The second-order valence-electron chi connectivity index (χ2n) is 30.6. The van der Waals surface area contributed by atoms with Crippen molar-refractivity contribution in [2.24, 2.45) is 5.73 Å². The number of hydrogen-bond acceptors (Lipinski definition) is 33. The van der Waals surface area contributed by atoms with Crippen LogP contribution in [0.3, 0.4) is 0 Å². The molecule has 4 saturated heterocycles. The molecule has 0 aliphatic carbocycles. The molecule has 1 amide bonds. The van der Waals surface area contributed by atoms with Crippen molar-refractivity contribution >= 4 is 111 Å². The Bertz CT molecular complexity index is 5140. The molecule has 13 atom stereocenters. The van der Waals surface area contributed by atoms with Crippen LogP contribution in [0.5, 0.6) is 0 Å². The van der Waals surface area contributed by atoms with Gasteiger partial charge in [0, 0.05) is 45.6 Å². The number of anilines is 4. The molecule has 7 aromatic rings. The fourth-order valence-corrected chi connectivity index (χ4v) is 21.7. The summed E-state index contributed by atoms with van der Waals surface area (Å²) in [7, 11) is -3.82. The van der Waals surface area contributed by atoms with Crippen molar-refractivity contribution in [2.45, 2.75) is 140 Å². The number of carbonyl (C=O) groups is 3. The molecular formula is C68H113N31O17P4. The molecule has 4 aliphatic rings. The third-order valence-electron chi connectivity index (χ3n) is 22.2. The molecule has 662 valence electrons. The Morgan fingerprint density at radius 1 is 0.583 bits per heavy atom. The number of imidazole rings is 3. The summed E-state index contributed by atoms with van der Waals surface area (Å²) in [6.07, 6.45) is 1.26. The molecule has 0 saturated carbocycles. The number of hydrogen-bond donors (Lipinski definition) is 10. The number of aromatic amines is 1. The van der Waals surface area contributed by atoms with Crippen LogP contribution in [0.1, 0.15) is 98.1 Å². The Kier molecular flexibility index (Phi) is 29.6. The molecule has 0 radical (unpaired) electrons. The van der Waals surface area contributed by atoms with Gasteiger partial charge >= 0.3 is 28.7 Å². The molecule has 11 heterocycles. The summed E-state index contributed by atoms with van der Waals surface area (Å²) >= 11 is 0. The first-order valence-corrected chi connectivity index (χ1v) is 45.8. The van der Waals surface area contributed by atoms with Gasteiger partial charge in [0.15, 0.2) is 52.1 Å². The summed E-state index contributed by atoms with van der Waals surface area (Å²) in [5, 5.41) is 17.2. The van der Waals surface area contributed by atoms with Crippen molar-refractivity contribution in [3.8, 4) is 0 Å². The fraction of sp³-hybridized carbons (Fsp3) is 0.662. The van der Waals surface area contributed by atoms with E-state index in [0.717, 1.165) is 4.57 Å². The Morgan fingerprint density at radius 3 is 1.44 bits per heavy atom. The van der Waals surface area contributed by atoms with Crippen LogP contribution in [0.15, 0.2) is 53.5 Å². The Hall–Kier alpha value is -8.15. The third kappa shape index (κ3) is 19.9. The molecule has 0 spiro atoms. The summed E-state index contributed by atoms with van der Waals surface area (Å²) < 4.78 is 132. The normalized spacial score (nSPS) is 23.2. The molecule has 52 heteroatoms. The number of Topliss-reactive ketones (excluding diaryl/α,β-unsaturated/α-hetero) is 2. The average Bonchev–Trinajstić information content (AvgIpc) is 1.53. The number of ketones is 2. The second-order valence-corrected chi connectivity index (χ2v) is 41.1. The van der Waals surface area contributed by atoms with Gasteiger partial charge in [-0.1, -0.05) is 27.7 Å². The number of aromatic nitrogens is 14. The van der Waals surface area contributed by atoms with Crippen LogP contribution >= 0.6 is 30.5 Å². The second kappa shape index (κ2) is 38.3. The van der Waals surface area contributed by atoms with E-state index < -0.39 is 140 Å². The SMILES string of the molecule is CCC(CC)(N[C@@H](CCCNC(=N)N)C(=O)C(CC)(CC)NCC(=O)N1C[C@@H](COP(=O)(N(C)C)N2C[C@@H](COP(=O)(N(C)C)N3C[C@@H](COP(=O)(N(C)C)N4C[C@@H](COP(C)(=O)N(C)C)O[C@@H](n5cnc6c(N)ncnc65)C4)O[C@@H](n4cnc5c(N)ncnc54)C3)O[C@@H](n3cnc4c(=O)[nH]c(N)nc43)C2)O[C@@H](n2ccc(N)nc2=O)C1)C(C)=O. The molecule has 15 N–H and O–H groups in total. The van der Waals surface area contributed by atoms with Crippen molar-refractivity contribution in [1.82, 2.24) is 122 Å². The number of nitrogen functional groups attached to an aromatic ring is 4. The number of H-pyrrole nitrogens is 1. The number of morpholine rings is 4. The number of nitrogens with zero attached hydrogens (tertiary/aromatic N) is 21. The summed E-state index contributed by atoms with van der Waals surface area (Å²) in [6.45, 7) is 7.15. The lowest BCUT2D eigenvalue weighted by Crippen LogP contribution is -2.64. The molecule has 11 rings (SSSR count). The van der Waals surface area contributed by atoms with Crippen LogP contribution in [-0.2, 0) is 69.7 Å². The summed E-state index contributed by atoms with van der Waals surface area (Å²) in [6, 6.07) is 0.513. The maximum absolute atomic E-state index is 16.5. The van der Waals surface area contributed by atoms with E-state index >= 15 is 23.3 Å². The Morgan fingerprint density at radius 2 is 1.02 bits per heavy atom. The largest absolute Gasteiger partial charge is 0.383 e. The van der Waals surface area contributed by atoms with Crippen LogP contribution in [0.25, 0.3) is 33.5 Å². The van der Waals surface area contributed by atoms with Gasteiger partial charge in [0.05, 0.1) is 114 Å². The van der Waals surface area contributed by atoms with Crippen LogP contribution in [0, 0.1) is 5.41 Å². The molecule has 7 aromatic heterocycles. The van der Waals surface area contributed by atoms with E-state index in [4.69, 9.17) is 71.1 Å². The van der Waals surface area contributed by atoms with E-state index in [2.05, 4.69) is 65.8 Å². The maximum atomic E-state index is 16.5. The molecule has 48 nitrogen and oxygen atoms in total. The van der Waals surface area contributed by atoms with E-state index in [1.807, 2.05) is 27.7 Å². The van der Waals surface area contributed by atoms with E-state index in [-0.39, 0.29) is 148 Å². The molecule has 4 aliphatic heterocycles. The highest BCUT2D eigenvalue weighted by Crippen LogP contribution is 2.59. The summed E-state index contributed by atoms with van der Waals surface area (Å²) in [4.78, 5) is 113. The molecule has 120 heavy (non-hydrogen) atoms. The van der Waals surface area contributed by atoms with Gasteiger partial charge in [0.1, 0.15) is 60.1 Å². The lowest BCUT2D eigenvalue weighted by molar-refractivity contribution is -0.159. The van der Waals surface area contributed by atoms with Gasteiger partial charge in [0.2, 0.25) is 11.9 Å². The summed E-state index contributed by atoms with van der Waals surface area (Å²) in [5.74, 6) is -1.31.